The van der Waals surface area contributed by atoms with E-state index in [1.165, 1.54) is 17.7 Å². The lowest BCUT2D eigenvalue weighted by Crippen LogP contribution is -2.03. The van der Waals surface area contributed by atoms with Gasteiger partial charge in [-0.25, -0.2) is 9.97 Å². The van der Waals surface area contributed by atoms with Crippen LogP contribution in [0.4, 0.5) is 16.6 Å². The summed E-state index contributed by atoms with van der Waals surface area (Å²) in [7, 11) is 0. The van der Waals surface area contributed by atoms with Gasteiger partial charge in [-0.05, 0) is 37.1 Å². The van der Waals surface area contributed by atoms with Crippen LogP contribution in [0.25, 0.3) is 0 Å². The summed E-state index contributed by atoms with van der Waals surface area (Å²) in [6.45, 7) is 3.65. The van der Waals surface area contributed by atoms with Gasteiger partial charge in [0.1, 0.15) is 12.1 Å². The van der Waals surface area contributed by atoms with E-state index in [1.54, 1.807) is 23.7 Å². The maximum absolute atomic E-state index is 11.5. The van der Waals surface area contributed by atoms with Gasteiger partial charge in [-0.15, -0.1) is 11.3 Å². The highest BCUT2D eigenvalue weighted by Gasteiger charge is 2.26. The molecule has 0 amide bonds. The van der Waals surface area contributed by atoms with Gasteiger partial charge in [-0.3, -0.25) is 10.1 Å². The highest BCUT2D eigenvalue weighted by molar-refractivity contribution is 7.13. The second-order valence-corrected chi connectivity index (χ2v) is 6.34. The summed E-state index contributed by atoms with van der Waals surface area (Å²) in [4.78, 5) is 22.8. The molecule has 0 radical (unpaired) electrons. The van der Waals surface area contributed by atoms with Crippen LogP contribution in [0.3, 0.4) is 0 Å². The largest absolute Gasteiger partial charge is 0.434 e. The number of anilines is 2. The van der Waals surface area contributed by atoms with Gasteiger partial charge in [0.15, 0.2) is 5.13 Å². The quantitative estimate of drug-likeness (QED) is 0.509. The van der Waals surface area contributed by atoms with Crippen LogP contribution in [0.15, 0.2) is 30.0 Å². The minimum atomic E-state index is -0.596. The second kappa shape index (κ2) is 6.99. The summed E-state index contributed by atoms with van der Waals surface area (Å²) >= 11 is 7.43. The van der Waals surface area contributed by atoms with Gasteiger partial charge < -0.3 is 10.1 Å². The van der Waals surface area contributed by atoms with E-state index in [4.69, 9.17) is 16.3 Å². The van der Waals surface area contributed by atoms with Crippen LogP contribution in [0.2, 0.25) is 5.02 Å². The first kappa shape index (κ1) is 17.1. The van der Waals surface area contributed by atoms with Crippen molar-refractivity contribution in [1.29, 1.82) is 0 Å². The van der Waals surface area contributed by atoms with Crippen molar-refractivity contribution in [2.75, 3.05) is 5.32 Å². The van der Waals surface area contributed by atoms with E-state index in [-0.39, 0.29) is 17.4 Å². The van der Waals surface area contributed by atoms with Gasteiger partial charge >= 0.3 is 11.6 Å². The number of ether oxygens (including phenoxy) is 1. The molecular weight excluding hydrogens is 366 g/mol. The average molecular weight is 378 g/mol. The number of rotatable bonds is 5. The first-order chi connectivity index (χ1) is 12.0. The summed E-state index contributed by atoms with van der Waals surface area (Å²) in [6.07, 6.45) is 2.77. The second-order valence-electron chi connectivity index (χ2n) is 5.07. The van der Waals surface area contributed by atoms with Gasteiger partial charge in [0.25, 0.3) is 0 Å². The molecule has 0 aliphatic rings. The lowest BCUT2D eigenvalue weighted by Gasteiger charge is -2.10. The van der Waals surface area contributed by atoms with Gasteiger partial charge in [0, 0.05) is 16.6 Å². The Morgan fingerprint density at radius 3 is 2.56 bits per heavy atom. The van der Waals surface area contributed by atoms with E-state index < -0.39 is 4.92 Å². The Morgan fingerprint density at radius 2 is 1.96 bits per heavy atom. The molecule has 0 saturated carbocycles. The molecule has 0 spiro atoms. The van der Waals surface area contributed by atoms with Crippen molar-refractivity contribution in [1.82, 2.24) is 15.0 Å². The number of aryl methyl sites for hydroxylation is 2. The highest BCUT2D eigenvalue weighted by atomic mass is 35.5. The maximum atomic E-state index is 11.5. The lowest BCUT2D eigenvalue weighted by atomic mass is 10.1. The van der Waals surface area contributed by atoms with Crippen molar-refractivity contribution >= 4 is 39.6 Å². The fourth-order valence-corrected chi connectivity index (χ4v) is 2.79. The third-order valence-electron chi connectivity index (χ3n) is 3.25. The molecular formula is C15H12ClN5O3S. The molecule has 10 heteroatoms. The number of halogens is 1. The lowest BCUT2D eigenvalue weighted by molar-refractivity contribution is -0.385. The Morgan fingerprint density at radius 1 is 1.24 bits per heavy atom. The van der Waals surface area contributed by atoms with Gasteiger partial charge in [0.2, 0.25) is 5.82 Å². The molecule has 1 N–H and O–H groups in total. The van der Waals surface area contributed by atoms with Crippen LogP contribution in [-0.2, 0) is 0 Å². The third kappa shape index (κ3) is 3.67. The molecule has 0 saturated heterocycles. The Labute approximate surface area is 151 Å². The Balaban J connectivity index is 2.00. The zero-order valence-corrected chi connectivity index (χ0v) is 14.8. The van der Waals surface area contributed by atoms with E-state index in [0.717, 1.165) is 11.1 Å². The van der Waals surface area contributed by atoms with E-state index >= 15 is 0 Å². The van der Waals surface area contributed by atoms with Crippen LogP contribution < -0.4 is 10.1 Å². The normalized spacial score (nSPS) is 10.5. The molecule has 1 aromatic carbocycles. The number of thiazole rings is 1. The number of hydrogen-bond acceptors (Lipinski definition) is 8. The van der Waals surface area contributed by atoms with Crippen LogP contribution in [0.5, 0.6) is 11.6 Å². The number of benzene rings is 1. The molecule has 0 atom stereocenters. The molecule has 3 rings (SSSR count). The van der Waals surface area contributed by atoms with Crippen molar-refractivity contribution in [2.24, 2.45) is 0 Å². The summed E-state index contributed by atoms with van der Waals surface area (Å²) < 4.78 is 5.64. The molecule has 128 valence electrons. The smallest absolute Gasteiger partial charge is 0.373 e. The van der Waals surface area contributed by atoms with E-state index in [9.17, 15) is 10.1 Å². The van der Waals surface area contributed by atoms with Gasteiger partial charge in [-0.2, -0.15) is 4.98 Å². The third-order valence-corrected chi connectivity index (χ3v) is 4.54. The van der Waals surface area contributed by atoms with Crippen molar-refractivity contribution in [2.45, 2.75) is 13.8 Å². The Bertz CT molecular complexity index is 910. The van der Waals surface area contributed by atoms with Gasteiger partial charge in [-0.1, -0.05) is 11.6 Å². The SMILES string of the molecule is Cc1cc(Oc2ncnc(Nc3nccs3)c2[N+](=O)[O-])cc(C)c1Cl. The summed E-state index contributed by atoms with van der Waals surface area (Å²) in [5, 5.41) is 17.2. The average Bonchev–Trinajstić information content (AvgIpc) is 3.05. The minimum Gasteiger partial charge on any atom is -0.434 e. The Kier molecular flexibility index (Phi) is 4.77. The first-order valence-corrected chi connectivity index (χ1v) is 8.32. The number of aromatic nitrogens is 3. The first-order valence-electron chi connectivity index (χ1n) is 7.06. The fourth-order valence-electron chi connectivity index (χ4n) is 2.16. The Hall–Kier alpha value is -2.78. The van der Waals surface area contributed by atoms with Crippen LogP contribution in [0, 0.1) is 24.0 Å². The van der Waals surface area contributed by atoms with E-state index in [0.29, 0.717) is 15.9 Å². The molecule has 2 heterocycles. The molecule has 0 aliphatic heterocycles. The summed E-state index contributed by atoms with van der Waals surface area (Å²) in [5.41, 5.74) is 1.23. The van der Waals surface area contributed by atoms with Crippen LogP contribution in [0.1, 0.15) is 11.1 Å². The monoisotopic (exact) mass is 377 g/mol. The predicted octanol–water partition coefficient (Wildman–Crippen LogP) is 4.65. The van der Waals surface area contributed by atoms with Crippen molar-refractivity contribution < 1.29 is 9.66 Å². The topological polar surface area (TPSA) is 103 Å². The van der Waals surface area contributed by atoms with E-state index in [1.807, 2.05) is 13.8 Å². The van der Waals surface area contributed by atoms with Gasteiger partial charge in [0.05, 0.1) is 4.92 Å². The predicted molar refractivity (Wildman–Crippen MR) is 95.1 cm³/mol. The maximum Gasteiger partial charge on any atom is 0.373 e. The summed E-state index contributed by atoms with van der Waals surface area (Å²) in [5.74, 6) is 0.244. The zero-order chi connectivity index (χ0) is 18.0. The molecule has 0 aliphatic carbocycles. The van der Waals surface area contributed by atoms with Crippen molar-refractivity contribution in [3.8, 4) is 11.6 Å². The summed E-state index contributed by atoms with van der Waals surface area (Å²) in [6, 6.07) is 3.38. The number of hydrogen-bond donors (Lipinski definition) is 1. The molecule has 8 nitrogen and oxygen atoms in total. The molecule has 0 fully saturated rings. The fraction of sp³-hybridized carbons (Fsp3) is 0.133. The number of nitrogens with zero attached hydrogens (tertiary/aromatic N) is 4. The molecule has 0 unspecified atom stereocenters. The highest BCUT2D eigenvalue weighted by Crippen LogP contribution is 2.37. The standard InChI is InChI=1S/C15H12ClN5O3S/c1-8-5-10(6-9(2)11(8)16)24-14-12(21(22)23)13(18-7-19-14)20-15-17-3-4-25-15/h3-7H,1-2H3,(H,17,18,19,20). The molecule has 25 heavy (non-hydrogen) atoms. The van der Waals surface area contributed by atoms with Crippen LogP contribution in [-0.4, -0.2) is 19.9 Å². The number of nitrogens with one attached hydrogen (secondary N) is 1. The number of nitro groups is 1. The zero-order valence-electron chi connectivity index (χ0n) is 13.2. The van der Waals surface area contributed by atoms with Crippen molar-refractivity contribution in [3.05, 3.63) is 56.3 Å². The van der Waals surface area contributed by atoms with E-state index in [2.05, 4.69) is 20.3 Å². The van der Waals surface area contributed by atoms with Crippen molar-refractivity contribution in [3.63, 3.8) is 0 Å². The molecule has 3 aromatic rings. The molecule has 0 bridgehead atoms. The van der Waals surface area contributed by atoms with Crippen LogP contribution >= 0.6 is 22.9 Å². The molecule has 2 aromatic heterocycles. The minimum absolute atomic E-state index is 0.00681.